The summed E-state index contributed by atoms with van der Waals surface area (Å²) in [5, 5.41) is 0. The van der Waals surface area contributed by atoms with Crippen molar-refractivity contribution >= 4 is 6.29 Å². The number of carbonyl (C=O) groups excluding carboxylic acids is 1. The zero-order valence-corrected chi connectivity index (χ0v) is 11.3. The van der Waals surface area contributed by atoms with Gasteiger partial charge in [0.15, 0.2) is 0 Å². The van der Waals surface area contributed by atoms with E-state index in [-0.39, 0.29) is 0 Å². The minimum Gasteiger partial charge on any atom is -0.340 e. The van der Waals surface area contributed by atoms with Crippen LogP contribution in [0.4, 0.5) is 0 Å². The number of carbonyl (C=O) groups is 1. The summed E-state index contributed by atoms with van der Waals surface area (Å²) in [5.74, 6) is 0. The highest BCUT2D eigenvalue weighted by Crippen LogP contribution is 2.09. The predicted octanol–water partition coefficient (Wildman–Crippen LogP) is 2.23. The maximum atomic E-state index is 10.1. The molecule has 2 heteroatoms. The van der Waals surface area contributed by atoms with Gasteiger partial charge < -0.3 is 9.69 Å². The normalized spacial score (nSPS) is 10.9. The Labute approximate surface area is 101 Å². The van der Waals surface area contributed by atoms with E-state index in [1.54, 1.807) is 4.90 Å². The second kappa shape index (κ2) is 12.7. The van der Waals surface area contributed by atoms with Gasteiger partial charge in [-0.3, -0.25) is 0 Å². The van der Waals surface area contributed by atoms with Gasteiger partial charge in [0.05, 0.1) is 20.6 Å². The molecule has 0 rings (SSSR count). The Hall–Kier alpha value is -0.370. The van der Waals surface area contributed by atoms with Crippen LogP contribution < -0.4 is 4.90 Å². The Balaban J connectivity index is 2.90. The average Bonchev–Trinajstić information content (AvgIpc) is 2.25. The fourth-order valence-electron chi connectivity index (χ4n) is 1.94. The molecule has 0 heterocycles. The molecule has 0 aromatic carbocycles. The standard InChI is InChI=1S/C14H29NO/c1-15(2)13-11-9-7-5-3-4-6-8-10-12-14-16/h14H,3-13H2,1-2H3/p+1. The Kier molecular flexibility index (Phi) is 12.4. The highest BCUT2D eigenvalue weighted by Gasteiger charge is 1.95. The molecule has 2 nitrogen and oxygen atoms in total. The Bertz CT molecular complexity index is 146. The van der Waals surface area contributed by atoms with E-state index in [2.05, 4.69) is 14.1 Å². The second-order valence-electron chi connectivity index (χ2n) is 5.09. The van der Waals surface area contributed by atoms with Crippen molar-refractivity contribution in [3.63, 3.8) is 0 Å². The molecule has 0 atom stereocenters. The van der Waals surface area contributed by atoms with Gasteiger partial charge in [-0.2, -0.15) is 0 Å². The summed E-state index contributed by atoms with van der Waals surface area (Å²) in [4.78, 5) is 11.7. The van der Waals surface area contributed by atoms with Gasteiger partial charge in [0.25, 0.3) is 0 Å². The minimum absolute atomic E-state index is 0.757. The minimum atomic E-state index is 0.757. The zero-order valence-electron chi connectivity index (χ0n) is 11.3. The van der Waals surface area contributed by atoms with Crippen molar-refractivity contribution in [3.8, 4) is 0 Å². The first-order valence-electron chi connectivity index (χ1n) is 7.00. The van der Waals surface area contributed by atoms with Crippen molar-refractivity contribution in [2.45, 2.75) is 64.2 Å². The van der Waals surface area contributed by atoms with Crippen molar-refractivity contribution in [2.24, 2.45) is 0 Å². The molecule has 0 aromatic heterocycles. The first-order valence-corrected chi connectivity index (χ1v) is 7.00. The van der Waals surface area contributed by atoms with E-state index in [1.165, 1.54) is 57.9 Å². The third kappa shape index (κ3) is 13.6. The van der Waals surface area contributed by atoms with Gasteiger partial charge >= 0.3 is 0 Å². The SMILES string of the molecule is C[NH+](C)CCCCCCCCCCCC=O. The second-order valence-corrected chi connectivity index (χ2v) is 5.09. The maximum Gasteiger partial charge on any atom is 0.119 e. The molecule has 0 aliphatic heterocycles. The number of hydrogen-bond donors (Lipinski definition) is 1. The summed E-state index contributed by atoms with van der Waals surface area (Å²) in [6.45, 7) is 1.31. The molecule has 1 N–H and O–H groups in total. The van der Waals surface area contributed by atoms with Crippen LogP contribution in [0.2, 0.25) is 0 Å². The first kappa shape index (κ1) is 15.6. The van der Waals surface area contributed by atoms with Crippen LogP contribution in [0.25, 0.3) is 0 Å². The molecule has 0 radical (unpaired) electrons. The monoisotopic (exact) mass is 228 g/mol. The highest BCUT2D eigenvalue weighted by atomic mass is 16.1. The molecule has 0 aromatic rings. The lowest BCUT2D eigenvalue weighted by atomic mass is 10.1. The van der Waals surface area contributed by atoms with Gasteiger partial charge in [-0.1, -0.05) is 38.5 Å². The number of rotatable bonds is 12. The van der Waals surface area contributed by atoms with Crippen LogP contribution >= 0.6 is 0 Å². The maximum absolute atomic E-state index is 10.1. The molecular formula is C14H30NO+. The highest BCUT2D eigenvalue weighted by molar-refractivity contribution is 5.48. The molecule has 0 amide bonds. The predicted molar refractivity (Wildman–Crippen MR) is 69.9 cm³/mol. The van der Waals surface area contributed by atoms with E-state index in [4.69, 9.17) is 0 Å². The zero-order chi connectivity index (χ0) is 12.1. The molecule has 96 valence electrons. The lowest BCUT2D eigenvalue weighted by Crippen LogP contribution is -3.05. The Morgan fingerprint density at radius 3 is 1.62 bits per heavy atom. The average molecular weight is 228 g/mol. The van der Waals surface area contributed by atoms with E-state index < -0.39 is 0 Å². The van der Waals surface area contributed by atoms with Crippen LogP contribution in [0, 0.1) is 0 Å². The van der Waals surface area contributed by atoms with Gasteiger partial charge in [-0.25, -0.2) is 0 Å². The van der Waals surface area contributed by atoms with Crippen molar-refractivity contribution < 1.29 is 9.69 Å². The fraction of sp³-hybridized carbons (Fsp3) is 0.929. The van der Waals surface area contributed by atoms with Crippen LogP contribution in [-0.2, 0) is 4.79 Å². The lowest BCUT2D eigenvalue weighted by Gasteiger charge is -2.06. The number of hydrogen-bond acceptors (Lipinski definition) is 1. The van der Waals surface area contributed by atoms with E-state index >= 15 is 0 Å². The quantitative estimate of drug-likeness (QED) is 0.401. The Morgan fingerprint density at radius 2 is 1.19 bits per heavy atom. The molecule has 0 aliphatic carbocycles. The van der Waals surface area contributed by atoms with Crippen LogP contribution in [0.1, 0.15) is 64.2 Å². The van der Waals surface area contributed by atoms with Crippen molar-refractivity contribution in [2.75, 3.05) is 20.6 Å². The molecule has 0 fully saturated rings. The molecule has 0 spiro atoms. The van der Waals surface area contributed by atoms with Gasteiger partial charge in [0, 0.05) is 6.42 Å². The summed E-state index contributed by atoms with van der Waals surface area (Å²) in [5.41, 5.74) is 0. The van der Waals surface area contributed by atoms with E-state index in [1.807, 2.05) is 0 Å². The molecule has 0 aliphatic rings. The number of quaternary nitrogens is 1. The molecule has 0 unspecified atom stereocenters. The third-order valence-corrected chi connectivity index (χ3v) is 3.00. The number of unbranched alkanes of at least 4 members (excludes halogenated alkanes) is 9. The van der Waals surface area contributed by atoms with Crippen LogP contribution in [0.3, 0.4) is 0 Å². The summed E-state index contributed by atoms with van der Waals surface area (Å²) >= 11 is 0. The molecule has 16 heavy (non-hydrogen) atoms. The molecule has 0 bridgehead atoms. The van der Waals surface area contributed by atoms with Crippen molar-refractivity contribution in [1.29, 1.82) is 0 Å². The van der Waals surface area contributed by atoms with E-state index in [0.717, 1.165) is 19.1 Å². The van der Waals surface area contributed by atoms with Gasteiger partial charge in [-0.15, -0.1) is 0 Å². The van der Waals surface area contributed by atoms with E-state index in [9.17, 15) is 4.79 Å². The third-order valence-electron chi connectivity index (χ3n) is 3.00. The summed E-state index contributed by atoms with van der Waals surface area (Å²) in [6.07, 6.45) is 13.8. The van der Waals surface area contributed by atoms with E-state index in [0.29, 0.717) is 0 Å². The largest absolute Gasteiger partial charge is 0.340 e. The van der Waals surface area contributed by atoms with Gasteiger partial charge in [0.2, 0.25) is 0 Å². The van der Waals surface area contributed by atoms with Crippen LogP contribution in [0.15, 0.2) is 0 Å². The summed E-state index contributed by atoms with van der Waals surface area (Å²) in [6, 6.07) is 0. The van der Waals surface area contributed by atoms with Crippen LogP contribution in [0.5, 0.6) is 0 Å². The molecule has 0 saturated carbocycles. The fourth-order valence-corrected chi connectivity index (χ4v) is 1.94. The summed E-state index contributed by atoms with van der Waals surface area (Å²) in [7, 11) is 4.44. The first-order chi connectivity index (χ1) is 7.77. The number of nitrogens with one attached hydrogen (secondary N) is 1. The Morgan fingerprint density at radius 1 is 0.750 bits per heavy atom. The summed E-state index contributed by atoms with van der Waals surface area (Å²) < 4.78 is 0. The van der Waals surface area contributed by atoms with Crippen LogP contribution in [-0.4, -0.2) is 26.9 Å². The van der Waals surface area contributed by atoms with Crippen molar-refractivity contribution in [1.82, 2.24) is 0 Å². The topological polar surface area (TPSA) is 21.5 Å². The lowest BCUT2D eigenvalue weighted by molar-refractivity contribution is -0.858. The van der Waals surface area contributed by atoms with Gasteiger partial charge in [0.1, 0.15) is 6.29 Å². The number of aldehydes is 1. The molecular weight excluding hydrogens is 198 g/mol. The van der Waals surface area contributed by atoms with Gasteiger partial charge in [-0.05, 0) is 19.3 Å². The van der Waals surface area contributed by atoms with Crippen molar-refractivity contribution in [3.05, 3.63) is 0 Å². The smallest absolute Gasteiger partial charge is 0.119 e. The molecule has 0 saturated heterocycles.